The lowest BCUT2D eigenvalue weighted by Crippen LogP contribution is -2.27. The largest absolute Gasteiger partial charge is 0.465 e. The molecule has 5 nitrogen and oxygen atoms in total. The first-order chi connectivity index (χ1) is 10.7. The van der Waals surface area contributed by atoms with Crippen molar-refractivity contribution in [3.63, 3.8) is 0 Å². The topological polar surface area (TPSA) is 64.6 Å². The Bertz CT molecular complexity index is 608. The SMILES string of the molecule is COC(=O)c1sc(C(C)(C)C)cc1NC1CCP(=O)(OC)CC1. The van der Waals surface area contributed by atoms with E-state index in [0.717, 1.165) is 23.4 Å². The van der Waals surface area contributed by atoms with Crippen LogP contribution in [0.5, 0.6) is 0 Å². The van der Waals surface area contributed by atoms with Gasteiger partial charge in [0.25, 0.3) is 0 Å². The van der Waals surface area contributed by atoms with Gasteiger partial charge in [0.1, 0.15) is 4.88 Å². The number of methoxy groups -OCH3 is 1. The van der Waals surface area contributed by atoms with Gasteiger partial charge in [0.15, 0.2) is 0 Å². The summed E-state index contributed by atoms with van der Waals surface area (Å²) in [7, 11) is 0.503. The van der Waals surface area contributed by atoms with Gasteiger partial charge in [-0.2, -0.15) is 0 Å². The third-order valence-electron chi connectivity index (χ3n) is 4.17. The number of rotatable bonds is 4. The molecule has 23 heavy (non-hydrogen) atoms. The molecule has 0 unspecified atom stereocenters. The summed E-state index contributed by atoms with van der Waals surface area (Å²) < 4.78 is 22.3. The second kappa shape index (κ2) is 6.96. The van der Waals surface area contributed by atoms with Gasteiger partial charge in [-0.05, 0) is 24.3 Å². The normalized spacial score (nSPS) is 25.2. The lowest BCUT2D eigenvalue weighted by molar-refractivity contribution is 0.0607. The van der Waals surface area contributed by atoms with Gasteiger partial charge in [0, 0.05) is 30.4 Å². The van der Waals surface area contributed by atoms with Crippen LogP contribution >= 0.6 is 18.7 Å². The quantitative estimate of drug-likeness (QED) is 0.640. The van der Waals surface area contributed by atoms with Crippen LogP contribution in [0.2, 0.25) is 0 Å². The first-order valence-corrected chi connectivity index (χ1v) is 10.6. The molecule has 0 aromatic carbocycles. The van der Waals surface area contributed by atoms with E-state index in [-0.39, 0.29) is 17.4 Å². The summed E-state index contributed by atoms with van der Waals surface area (Å²) in [5.41, 5.74) is 0.803. The summed E-state index contributed by atoms with van der Waals surface area (Å²) in [6, 6.07) is 2.25. The van der Waals surface area contributed by atoms with Crippen molar-refractivity contribution >= 4 is 30.4 Å². The van der Waals surface area contributed by atoms with E-state index < -0.39 is 7.37 Å². The standard InChI is InChI=1S/C16H26NO4PS/c1-16(2,3)13-10-12(14(23-13)15(18)20-4)17-11-6-8-22(19,21-5)9-7-11/h10-11,17H,6-9H2,1-5H3. The number of ether oxygens (including phenoxy) is 1. The van der Waals surface area contributed by atoms with E-state index >= 15 is 0 Å². The van der Waals surface area contributed by atoms with E-state index in [0.29, 0.717) is 17.2 Å². The highest BCUT2D eigenvalue weighted by Crippen LogP contribution is 2.51. The fourth-order valence-corrected chi connectivity index (χ4v) is 5.72. The Morgan fingerprint density at radius 2 is 1.91 bits per heavy atom. The molecular formula is C16H26NO4PS. The Kier molecular flexibility index (Phi) is 5.59. The minimum absolute atomic E-state index is 0.0221. The minimum atomic E-state index is -2.42. The molecule has 0 radical (unpaired) electrons. The zero-order valence-electron chi connectivity index (χ0n) is 14.5. The molecule has 1 fully saturated rings. The van der Waals surface area contributed by atoms with Gasteiger partial charge in [0.2, 0.25) is 7.37 Å². The van der Waals surface area contributed by atoms with Crippen LogP contribution in [0.4, 0.5) is 5.69 Å². The van der Waals surface area contributed by atoms with Gasteiger partial charge in [0.05, 0.1) is 12.8 Å². The number of thiophene rings is 1. The Morgan fingerprint density at radius 3 is 2.39 bits per heavy atom. The second-order valence-corrected chi connectivity index (χ2v) is 10.9. The number of hydrogen-bond donors (Lipinski definition) is 1. The lowest BCUT2D eigenvalue weighted by Gasteiger charge is -2.28. The number of nitrogens with one attached hydrogen (secondary N) is 1. The number of esters is 1. The van der Waals surface area contributed by atoms with Crippen LogP contribution in [0.3, 0.4) is 0 Å². The zero-order valence-corrected chi connectivity index (χ0v) is 16.2. The summed E-state index contributed by atoms with van der Waals surface area (Å²) in [6.07, 6.45) is 2.74. The number of carbonyl (C=O) groups excluding carboxylic acids is 1. The lowest BCUT2D eigenvalue weighted by atomic mass is 9.94. The summed E-state index contributed by atoms with van der Waals surface area (Å²) in [6.45, 7) is 6.37. The van der Waals surface area contributed by atoms with Crippen LogP contribution in [-0.2, 0) is 19.2 Å². The summed E-state index contributed by atoms with van der Waals surface area (Å²) in [5, 5.41) is 3.45. The zero-order chi connectivity index (χ0) is 17.3. The van der Waals surface area contributed by atoms with Crippen LogP contribution in [0, 0.1) is 0 Å². The molecule has 1 aliphatic heterocycles. The Hall–Kier alpha value is -0.840. The Balaban J connectivity index is 2.17. The molecule has 1 N–H and O–H groups in total. The minimum Gasteiger partial charge on any atom is -0.465 e. The molecule has 0 saturated carbocycles. The highest BCUT2D eigenvalue weighted by atomic mass is 32.1. The van der Waals surface area contributed by atoms with Gasteiger partial charge in [-0.3, -0.25) is 4.57 Å². The van der Waals surface area contributed by atoms with E-state index in [1.165, 1.54) is 25.6 Å². The highest BCUT2D eigenvalue weighted by Gasteiger charge is 2.31. The molecule has 2 rings (SSSR count). The fourth-order valence-electron chi connectivity index (χ4n) is 2.62. The molecule has 0 aliphatic carbocycles. The van der Waals surface area contributed by atoms with E-state index in [4.69, 9.17) is 9.26 Å². The molecular weight excluding hydrogens is 333 g/mol. The number of anilines is 1. The first kappa shape index (κ1) is 18.5. The predicted molar refractivity (Wildman–Crippen MR) is 95.4 cm³/mol. The van der Waals surface area contributed by atoms with Gasteiger partial charge < -0.3 is 14.6 Å². The van der Waals surface area contributed by atoms with Crippen LogP contribution in [0.25, 0.3) is 0 Å². The van der Waals surface area contributed by atoms with Crippen molar-refractivity contribution in [1.29, 1.82) is 0 Å². The molecule has 0 atom stereocenters. The average molecular weight is 359 g/mol. The van der Waals surface area contributed by atoms with Gasteiger partial charge in [-0.25, -0.2) is 4.79 Å². The molecule has 0 bridgehead atoms. The molecule has 7 heteroatoms. The molecule has 1 saturated heterocycles. The van der Waals surface area contributed by atoms with E-state index in [2.05, 4.69) is 26.1 Å². The van der Waals surface area contributed by atoms with Gasteiger partial charge in [-0.15, -0.1) is 11.3 Å². The number of carbonyl (C=O) groups is 1. The molecule has 1 aromatic rings. The predicted octanol–water partition coefficient (Wildman–Crippen LogP) is 4.33. The van der Waals surface area contributed by atoms with Crippen LogP contribution < -0.4 is 5.32 Å². The van der Waals surface area contributed by atoms with Gasteiger partial charge >= 0.3 is 5.97 Å². The maximum atomic E-state index is 12.2. The number of hydrogen-bond acceptors (Lipinski definition) is 6. The first-order valence-electron chi connectivity index (χ1n) is 7.81. The van der Waals surface area contributed by atoms with Crippen molar-refractivity contribution in [3.05, 3.63) is 15.8 Å². The molecule has 130 valence electrons. The molecule has 0 spiro atoms. The van der Waals surface area contributed by atoms with Crippen LogP contribution in [-0.4, -0.2) is 38.6 Å². The highest BCUT2D eigenvalue weighted by molar-refractivity contribution is 7.59. The van der Waals surface area contributed by atoms with Crippen molar-refractivity contribution in [1.82, 2.24) is 0 Å². The van der Waals surface area contributed by atoms with Gasteiger partial charge in [-0.1, -0.05) is 20.8 Å². The van der Waals surface area contributed by atoms with Crippen LogP contribution in [0.15, 0.2) is 6.07 Å². The van der Waals surface area contributed by atoms with Crippen LogP contribution in [0.1, 0.15) is 48.2 Å². The van der Waals surface area contributed by atoms with Crippen molar-refractivity contribution in [2.45, 2.75) is 45.1 Å². The fraction of sp³-hybridized carbons (Fsp3) is 0.688. The monoisotopic (exact) mass is 359 g/mol. The smallest absolute Gasteiger partial charge is 0.350 e. The molecule has 2 heterocycles. The maximum Gasteiger partial charge on any atom is 0.350 e. The van der Waals surface area contributed by atoms with E-state index in [1.54, 1.807) is 0 Å². The third-order valence-corrected chi connectivity index (χ3v) is 8.26. The van der Waals surface area contributed by atoms with Crippen molar-refractivity contribution in [3.8, 4) is 0 Å². The second-order valence-electron chi connectivity index (χ2n) is 6.96. The average Bonchev–Trinajstić information content (AvgIpc) is 2.93. The Labute approximate surface area is 142 Å². The molecule has 1 aromatic heterocycles. The summed E-state index contributed by atoms with van der Waals surface area (Å²) >= 11 is 1.48. The van der Waals surface area contributed by atoms with Crippen molar-refractivity contribution in [2.24, 2.45) is 0 Å². The third kappa shape index (κ3) is 4.37. The summed E-state index contributed by atoms with van der Waals surface area (Å²) in [4.78, 5) is 13.8. The molecule has 0 amide bonds. The summed E-state index contributed by atoms with van der Waals surface area (Å²) in [5.74, 6) is -0.314. The molecule has 1 aliphatic rings. The van der Waals surface area contributed by atoms with E-state index in [9.17, 15) is 9.36 Å². The van der Waals surface area contributed by atoms with Crippen molar-refractivity contribution in [2.75, 3.05) is 31.9 Å². The Morgan fingerprint density at radius 1 is 1.30 bits per heavy atom. The van der Waals surface area contributed by atoms with Crippen molar-refractivity contribution < 1.29 is 18.6 Å². The maximum absolute atomic E-state index is 12.2. The van der Waals surface area contributed by atoms with E-state index in [1.807, 2.05) is 6.07 Å².